The molecule has 3 aromatic rings. The van der Waals surface area contributed by atoms with Crippen LogP contribution in [0, 0.1) is 6.92 Å². The van der Waals surface area contributed by atoms with Crippen molar-refractivity contribution in [1.29, 1.82) is 0 Å². The van der Waals surface area contributed by atoms with E-state index >= 15 is 0 Å². The lowest BCUT2D eigenvalue weighted by Crippen LogP contribution is -1.95. The van der Waals surface area contributed by atoms with Gasteiger partial charge < -0.3 is 9.88 Å². The lowest BCUT2D eigenvalue weighted by atomic mass is 10.2. The lowest BCUT2D eigenvalue weighted by Gasteiger charge is -2.04. The van der Waals surface area contributed by atoms with Crippen LogP contribution in [0.25, 0.3) is 10.9 Å². The van der Waals surface area contributed by atoms with Crippen molar-refractivity contribution < 1.29 is 0 Å². The Bertz CT molecular complexity index is 734. The molecule has 0 unspecified atom stereocenters. The van der Waals surface area contributed by atoms with Gasteiger partial charge in [-0.3, -0.25) is 0 Å². The number of halogens is 1. The third-order valence-corrected chi connectivity index (χ3v) is 4.24. The van der Waals surface area contributed by atoms with Crippen LogP contribution < -0.4 is 5.32 Å². The average Bonchev–Trinajstić information content (AvgIpc) is 2.65. The van der Waals surface area contributed by atoms with Gasteiger partial charge in [-0.05, 0) is 47.1 Å². The summed E-state index contributed by atoms with van der Waals surface area (Å²) in [7, 11) is 2.07. The molecule has 1 aromatic carbocycles. The van der Waals surface area contributed by atoms with Crippen molar-refractivity contribution in [3.8, 4) is 0 Å². The molecule has 3 rings (SSSR count). The molecule has 0 fully saturated rings. The van der Waals surface area contributed by atoms with E-state index in [4.69, 9.17) is 0 Å². The summed E-state index contributed by atoms with van der Waals surface area (Å²) in [5, 5.41) is 4.38. The van der Waals surface area contributed by atoms with E-state index in [1.54, 1.807) is 18.5 Å². The minimum atomic E-state index is 0.602. The van der Waals surface area contributed by atoms with Crippen LogP contribution in [0.2, 0.25) is 0 Å². The van der Waals surface area contributed by atoms with Crippen molar-refractivity contribution in [3.63, 3.8) is 0 Å². The number of nitrogens with one attached hydrogen (secondary N) is 1. The molecule has 0 amide bonds. The summed E-state index contributed by atoms with van der Waals surface area (Å²) in [4.78, 5) is 8.32. The lowest BCUT2D eigenvalue weighted by molar-refractivity contribution is 0.914. The molecule has 19 heavy (non-hydrogen) atoms. The summed E-state index contributed by atoms with van der Waals surface area (Å²) in [6.07, 6.45) is 3.44. The monoisotopic (exact) mass is 316 g/mol. The third-order valence-electron chi connectivity index (χ3n) is 3.24. The Hall–Kier alpha value is -1.88. The molecule has 0 bridgehead atoms. The van der Waals surface area contributed by atoms with Crippen LogP contribution >= 0.6 is 15.9 Å². The number of nitrogens with zero attached hydrogens (tertiary/aromatic N) is 3. The number of rotatable bonds is 2. The summed E-state index contributed by atoms with van der Waals surface area (Å²) in [5.74, 6) is 0.602. The molecule has 4 nitrogen and oxygen atoms in total. The SMILES string of the molecule is Cc1c(Br)c2cc(Nc3ncccn3)ccc2n1C. The number of hydrogen-bond acceptors (Lipinski definition) is 3. The number of hydrogen-bond donors (Lipinski definition) is 1. The Morgan fingerprint density at radius 3 is 2.68 bits per heavy atom. The normalized spacial score (nSPS) is 10.9. The first-order valence-electron chi connectivity index (χ1n) is 5.95. The van der Waals surface area contributed by atoms with E-state index in [9.17, 15) is 0 Å². The van der Waals surface area contributed by atoms with Gasteiger partial charge in [0.25, 0.3) is 0 Å². The number of fused-ring (bicyclic) bond motifs is 1. The fourth-order valence-corrected chi connectivity index (χ4v) is 2.68. The van der Waals surface area contributed by atoms with Crippen LogP contribution in [-0.4, -0.2) is 14.5 Å². The Morgan fingerprint density at radius 1 is 1.21 bits per heavy atom. The second-order valence-corrected chi connectivity index (χ2v) is 5.18. The highest BCUT2D eigenvalue weighted by Gasteiger charge is 2.10. The zero-order valence-electron chi connectivity index (χ0n) is 10.7. The fourth-order valence-electron chi connectivity index (χ4n) is 2.10. The van der Waals surface area contributed by atoms with Gasteiger partial charge in [-0.2, -0.15) is 0 Å². The highest BCUT2D eigenvalue weighted by Crippen LogP contribution is 2.32. The van der Waals surface area contributed by atoms with Gasteiger partial charge in [0.05, 0.1) is 0 Å². The van der Waals surface area contributed by atoms with E-state index in [1.807, 2.05) is 6.07 Å². The molecule has 0 atom stereocenters. The molecule has 0 spiro atoms. The number of benzene rings is 1. The van der Waals surface area contributed by atoms with E-state index in [-0.39, 0.29) is 0 Å². The first kappa shape index (κ1) is 12.2. The molecule has 0 saturated carbocycles. The zero-order chi connectivity index (χ0) is 13.4. The fraction of sp³-hybridized carbons (Fsp3) is 0.143. The minimum Gasteiger partial charge on any atom is -0.347 e. The van der Waals surface area contributed by atoms with Gasteiger partial charge in [-0.1, -0.05) is 0 Å². The van der Waals surface area contributed by atoms with Gasteiger partial charge in [0, 0.05) is 46.2 Å². The van der Waals surface area contributed by atoms with Crippen molar-refractivity contribution >= 4 is 38.5 Å². The quantitative estimate of drug-likeness (QED) is 0.782. The van der Waals surface area contributed by atoms with Gasteiger partial charge >= 0.3 is 0 Å². The first-order valence-corrected chi connectivity index (χ1v) is 6.74. The third kappa shape index (κ3) is 2.10. The van der Waals surface area contributed by atoms with Crippen LogP contribution in [0.5, 0.6) is 0 Å². The Kier molecular flexibility index (Phi) is 2.98. The number of anilines is 2. The van der Waals surface area contributed by atoms with Crippen LogP contribution in [0.1, 0.15) is 5.69 Å². The van der Waals surface area contributed by atoms with Crippen molar-refractivity contribution in [2.75, 3.05) is 5.32 Å². The molecule has 0 radical (unpaired) electrons. The van der Waals surface area contributed by atoms with Crippen LogP contribution in [0.4, 0.5) is 11.6 Å². The predicted octanol–water partition coefficient (Wildman–Crippen LogP) is 3.78. The van der Waals surface area contributed by atoms with Crippen LogP contribution in [0.15, 0.2) is 41.1 Å². The summed E-state index contributed by atoms with van der Waals surface area (Å²) >= 11 is 3.64. The summed E-state index contributed by atoms with van der Waals surface area (Å²) in [6.45, 7) is 2.09. The largest absolute Gasteiger partial charge is 0.347 e. The van der Waals surface area contributed by atoms with Crippen molar-refractivity contribution in [2.24, 2.45) is 7.05 Å². The Labute approximate surface area is 119 Å². The Morgan fingerprint density at radius 2 is 1.95 bits per heavy atom. The van der Waals surface area contributed by atoms with E-state index in [0.717, 1.165) is 10.2 Å². The van der Waals surface area contributed by atoms with Crippen molar-refractivity contribution in [3.05, 3.63) is 46.8 Å². The maximum atomic E-state index is 4.16. The molecule has 0 aliphatic carbocycles. The number of aromatic nitrogens is 3. The maximum absolute atomic E-state index is 4.16. The molecule has 0 aliphatic rings. The molecule has 0 saturated heterocycles. The summed E-state index contributed by atoms with van der Waals surface area (Å²) < 4.78 is 3.30. The highest BCUT2D eigenvalue weighted by atomic mass is 79.9. The molecule has 0 aliphatic heterocycles. The summed E-state index contributed by atoms with van der Waals surface area (Å²) in [6, 6.07) is 8.03. The van der Waals surface area contributed by atoms with Gasteiger partial charge in [0.15, 0.2) is 0 Å². The zero-order valence-corrected chi connectivity index (χ0v) is 12.3. The van der Waals surface area contributed by atoms with Gasteiger partial charge in [-0.25, -0.2) is 9.97 Å². The van der Waals surface area contributed by atoms with Gasteiger partial charge in [0.2, 0.25) is 5.95 Å². The van der Waals surface area contributed by atoms with E-state index in [1.165, 1.54) is 16.6 Å². The second kappa shape index (κ2) is 4.66. The minimum absolute atomic E-state index is 0.602. The number of aryl methyl sites for hydroxylation is 1. The first-order chi connectivity index (χ1) is 9.16. The maximum Gasteiger partial charge on any atom is 0.227 e. The topological polar surface area (TPSA) is 42.7 Å². The second-order valence-electron chi connectivity index (χ2n) is 4.39. The highest BCUT2D eigenvalue weighted by molar-refractivity contribution is 9.10. The molecule has 1 N–H and O–H groups in total. The molecule has 96 valence electrons. The van der Waals surface area contributed by atoms with Crippen molar-refractivity contribution in [1.82, 2.24) is 14.5 Å². The van der Waals surface area contributed by atoms with Gasteiger partial charge in [-0.15, -0.1) is 0 Å². The molecule has 5 heteroatoms. The smallest absolute Gasteiger partial charge is 0.227 e. The average molecular weight is 317 g/mol. The molecular weight excluding hydrogens is 304 g/mol. The van der Waals surface area contributed by atoms with Gasteiger partial charge in [0.1, 0.15) is 0 Å². The van der Waals surface area contributed by atoms with E-state index in [2.05, 4.69) is 61.9 Å². The molecular formula is C14H13BrN4. The molecule has 2 heterocycles. The molecule has 2 aromatic heterocycles. The predicted molar refractivity (Wildman–Crippen MR) is 80.7 cm³/mol. The summed E-state index contributed by atoms with van der Waals surface area (Å²) in [5.41, 5.74) is 3.39. The standard InChI is InChI=1S/C14H13BrN4/c1-9-13(15)11-8-10(4-5-12(11)19(9)2)18-14-16-6-3-7-17-14/h3-8H,1-2H3,(H,16,17,18). The van der Waals surface area contributed by atoms with Crippen LogP contribution in [0.3, 0.4) is 0 Å². The van der Waals surface area contributed by atoms with E-state index < -0.39 is 0 Å². The van der Waals surface area contributed by atoms with Crippen molar-refractivity contribution in [2.45, 2.75) is 6.92 Å². The Balaban J connectivity index is 2.05. The van der Waals surface area contributed by atoms with Crippen LogP contribution in [-0.2, 0) is 7.05 Å². The van der Waals surface area contributed by atoms with E-state index in [0.29, 0.717) is 5.95 Å².